The van der Waals surface area contributed by atoms with E-state index < -0.39 is 29.7 Å². The van der Waals surface area contributed by atoms with Gasteiger partial charge in [-0.05, 0) is 12.8 Å². The molecule has 0 heterocycles. The Bertz CT molecular complexity index is 381. The highest BCUT2D eigenvalue weighted by atomic mass is 16.5. The molecule has 0 saturated carbocycles. The maximum absolute atomic E-state index is 12.2. The first-order valence-corrected chi connectivity index (χ1v) is 8.57. The van der Waals surface area contributed by atoms with Crippen LogP contribution in [0.4, 0.5) is 0 Å². The summed E-state index contributed by atoms with van der Waals surface area (Å²) in [5, 5.41) is 8.68. The van der Waals surface area contributed by atoms with Crippen LogP contribution in [-0.2, 0) is 28.6 Å². The number of rotatable bonds is 13. The highest BCUT2D eigenvalue weighted by molar-refractivity contribution is 5.85. The highest BCUT2D eigenvalue weighted by Gasteiger charge is 2.35. The van der Waals surface area contributed by atoms with Crippen molar-refractivity contribution in [3.63, 3.8) is 0 Å². The number of hydrogen-bond acceptors (Lipinski definition) is 7. The van der Waals surface area contributed by atoms with Gasteiger partial charge < -0.3 is 19.3 Å². The third kappa shape index (κ3) is 9.50. The molecule has 140 valence electrons. The Kier molecular flexibility index (Phi) is 12.8. The fourth-order valence-corrected chi connectivity index (χ4v) is 1.90. The lowest BCUT2D eigenvalue weighted by molar-refractivity contribution is -0.164. The first-order chi connectivity index (χ1) is 11.5. The normalized spacial score (nSPS) is 13.0. The van der Waals surface area contributed by atoms with Gasteiger partial charge in [0, 0.05) is 0 Å². The van der Waals surface area contributed by atoms with Crippen LogP contribution in [-0.4, -0.2) is 49.4 Å². The van der Waals surface area contributed by atoms with Crippen LogP contribution in [0.3, 0.4) is 0 Å². The number of ether oxygens (including phenoxy) is 3. The van der Waals surface area contributed by atoms with E-state index in [1.807, 2.05) is 13.8 Å². The number of unbranched alkanes of at least 4 members (excludes halogenated alkanes) is 2. The molecule has 7 heteroatoms. The van der Waals surface area contributed by atoms with E-state index in [0.29, 0.717) is 6.42 Å². The van der Waals surface area contributed by atoms with E-state index in [9.17, 15) is 14.4 Å². The molecule has 0 aliphatic carbocycles. The van der Waals surface area contributed by atoms with Crippen LogP contribution < -0.4 is 0 Å². The summed E-state index contributed by atoms with van der Waals surface area (Å²) in [7, 11) is 0. The van der Waals surface area contributed by atoms with Gasteiger partial charge in [-0.3, -0.25) is 14.4 Å². The topological polar surface area (TPSA) is 99.1 Å². The number of aliphatic hydroxyl groups is 1. The van der Waals surface area contributed by atoms with Crippen molar-refractivity contribution in [3.05, 3.63) is 0 Å². The van der Waals surface area contributed by atoms with Gasteiger partial charge in [0.25, 0.3) is 0 Å². The second kappa shape index (κ2) is 13.8. The van der Waals surface area contributed by atoms with Gasteiger partial charge in [0.15, 0.2) is 0 Å². The van der Waals surface area contributed by atoms with Gasteiger partial charge in [0.2, 0.25) is 0 Å². The summed E-state index contributed by atoms with van der Waals surface area (Å²) < 4.78 is 15.0. The monoisotopic (exact) mass is 346 g/mol. The number of hydrogen-bond donors (Lipinski definition) is 1. The summed E-state index contributed by atoms with van der Waals surface area (Å²) in [5.74, 6) is -3.56. The SMILES string of the molecule is CCCCOC(=O)C(C)C(CC(=O)OCCO)C(=O)OCCCC. The Morgan fingerprint density at radius 3 is 1.92 bits per heavy atom. The van der Waals surface area contributed by atoms with Gasteiger partial charge >= 0.3 is 17.9 Å². The van der Waals surface area contributed by atoms with Crippen LogP contribution in [0.25, 0.3) is 0 Å². The maximum Gasteiger partial charge on any atom is 0.310 e. The van der Waals surface area contributed by atoms with E-state index in [-0.39, 0.29) is 32.8 Å². The van der Waals surface area contributed by atoms with Crippen LogP contribution in [0.5, 0.6) is 0 Å². The average Bonchev–Trinajstić information content (AvgIpc) is 2.57. The molecule has 0 aromatic rings. The molecule has 0 fully saturated rings. The zero-order valence-electron chi connectivity index (χ0n) is 14.9. The molecule has 0 spiro atoms. The lowest BCUT2D eigenvalue weighted by Gasteiger charge is -2.20. The molecule has 0 radical (unpaired) electrons. The minimum absolute atomic E-state index is 0.147. The molecule has 0 aromatic carbocycles. The Morgan fingerprint density at radius 1 is 0.875 bits per heavy atom. The summed E-state index contributed by atoms with van der Waals surface area (Å²) in [6, 6.07) is 0. The standard InChI is InChI=1S/C17H30O7/c1-4-6-9-23-16(20)13(3)14(12-15(19)22-11-8-18)17(21)24-10-7-5-2/h13-14,18H,4-12H2,1-3H3. The van der Waals surface area contributed by atoms with Crippen molar-refractivity contribution in [1.82, 2.24) is 0 Å². The molecule has 0 saturated heterocycles. The minimum atomic E-state index is -0.956. The molecule has 1 N–H and O–H groups in total. The molecule has 0 aromatic heterocycles. The van der Waals surface area contributed by atoms with E-state index in [4.69, 9.17) is 19.3 Å². The predicted octanol–water partition coefficient (Wildman–Crippen LogP) is 1.85. The second-order valence-corrected chi connectivity index (χ2v) is 5.59. The molecule has 0 aliphatic heterocycles. The van der Waals surface area contributed by atoms with Gasteiger partial charge in [0.1, 0.15) is 6.61 Å². The summed E-state index contributed by atoms with van der Waals surface area (Å²) in [6.45, 7) is 5.56. The quantitative estimate of drug-likeness (QED) is 0.309. The van der Waals surface area contributed by atoms with E-state index in [2.05, 4.69) is 0 Å². The third-order valence-corrected chi connectivity index (χ3v) is 3.50. The Balaban J connectivity index is 4.77. The van der Waals surface area contributed by atoms with Crippen molar-refractivity contribution >= 4 is 17.9 Å². The van der Waals surface area contributed by atoms with Crippen molar-refractivity contribution in [2.24, 2.45) is 11.8 Å². The lowest BCUT2D eigenvalue weighted by atomic mass is 9.91. The van der Waals surface area contributed by atoms with Crippen molar-refractivity contribution < 1.29 is 33.7 Å². The van der Waals surface area contributed by atoms with E-state index in [1.54, 1.807) is 6.92 Å². The second-order valence-electron chi connectivity index (χ2n) is 5.59. The summed E-state index contributed by atoms with van der Waals surface area (Å²) in [4.78, 5) is 36.0. The predicted molar refractivity (Wildman–Crippen MR) is 87.0 cm³/mol. The van der Waals surface area contributed by atoms with Crippen molar-refractivity contribution in [3.8, 4) is 0 Å². The van der Waals surface area contributed by atoms with E-state index in [0.717, 1.165) is 19.3 Å². The summed E-state index contributed by atoms with van der Waals surface area (Å²) in [6.07, 6.45) is 2.92. The van der Waals surface area contributed by atoms with Gasteiger partial charge in [-0.1, -0.05) is 33.6 Å². The van der Waals surface area contributed by atoms with E-state index >= 15 is 0 Å². The smallest absolute Gasteiger partial charge is 0.310 e. The minimum Gasteiger partial charge on any atom is -0.465 e. The molecule has 0 amide bonds. The van der Waals surface area contributed by atoms with Crippen LogP contribution in [0.1, 0.15) is 52.9 Å². The largest absolute Gasteiger partial charge is 0.465 e. The van der Waals surface area contributed by atoms with Crippen LogP contribution in [0.15, 0.2) is 0 Å². The Hall–Kier alpha value is -1.63. The van der Waals surface area contributed by atoms with Gasteiger partial charge in [-0.15, -0.1) is 0 Å². The third-order valence-electron chi connectivity index (χ3n) is 3.50. The molecule has 0 rings (SSSR count). The zero-order valence-corrected chi connectivity index (χ0v) is 14.9. The first kappa shape index (κ1) is 22.4. The molecule has 2 atom stereocenters. The number of carbonyl (C=O) groups is 3. The molecule has 0 aliphatic rings. The molecule has 2 unspecified atom stereocenters. The molecular formula is C17H30O7. The van der Waals surface area contributed by atoms with Gasteiger partial charge in [-0.2, -0.15) is 0 Å². The summed E-state index contributed by atoms with van der Waals surface area (Å²) in [5.41, 5.74) is 0. The number of aliphatic hydroxyl groups excluding tert-OH is 1. The zero-order chi connectivity index (χ0) is 18.4. The molecular weight excluding hydrogens is 316 g/mol. The maximum atomic E-state index is 12.2. The Morgan fingerprint density at radius 2 is 1.42 bits per heavy atom. The highest BCUT2D eigenvalue weighted by Crippen LogP contribution is 2.20. The van der Waals surface area contributed by atoms with Crippen molar-refractivity contribution in [1.29, 1.82) is 0 Å². The molecule has 24 heavy (non-hydrogen) atoms. The lowest BCUT2D eigenvalue weighted by Crippen LogP contribution is -2.33. The first-order valence-electron chi connectivity index (χ1n) is 8.57. The molecule has 0 bridgehead atoms. The van der Waals surface area contributed by atoms with Crippen molar-refractivity contribution in [2.45, 2.75) is 52.9 Å². The van der Waals surface area contributed by atoms with Gasteiger partial charge in [0.05, 0.1) is 38.1 Å². The Labute approximate surface area is 143 Å². The van der Waals surface area contributed by atoms with E-state index in [1.165, 1.54) is 0 Å². The number of esters is 3. The van der Waals surface area contributed by atoms with Crippen LogP contribution in [0, 0.1) is 11.8 Å². The summed E-state index contributed by atoms with van der Waals surface area (Å²) >= 11 is 0. The van der Waals surface area contributed by atoms with Crippen LogP contribution >= 0.6 is 0 Å². The number of carbonyl (C=O) groups excluding carboxylic acids is 3. The fourth-order valence-electron chi connectivity index (χ4n) is 1.90. The van der Waals surface area contributed by atoms with Crippen molar-refractivity contribution in [2.75, 3.05) is 26.4 Å². The average molecular weight is 346 g/mol. The van der Waals surface area contributed by atoms with Gasteiger partial charge in [-0.25, -0.2) is 0 Å². The van der Waals surface area contributed by atoms with Crippen LogP contribution in [0.2, 0.25) is 0 Å². The fraction of sp³-hybridized carbons (Fsp3) is 0.824. The molecule has 7 nitrogen and oxygen atoms in total.